The van der Waals surface area contributed by atoms with Gasteiger partial charge in [0.1, 0.15) is 12.5 Å². The van der Waals surface area contributed by atoms with Gasteiger partial charge < -0.3 is 30.0 Å². The summed E-state index contributed by atoms with van der Waals surface area (Å²) in [6.45, 7) is 3.80. The molecule has 0 saturated carbocycles. The lowest BCUT2D eigenvalue weighted by Crippen LogP contribution is -2.07. The second-order valence-corrected chi connectivity index (χ2v) is 7.07. The highest BCUT2D eigenvalue weighted by Crippen LogP contribution is 2.31. The van der Waals surface area contributed by atoms with Gasteiger partial charge in [-0.25, -0.2) is 0 Å². The van der Waals surface area contributed by atoms with Crippen molar-refractivity contribution in [3.05, 3.63) is 73.4 Å². The molecule has 0 unspecified atom stereocenters. The van der Waals surface area contributed by atoms with Gasteiger partial charge in [-0.1, -0.05) is 12.6 Å². The van der Waals surface area contributed by atoms with E-state index >= 15 is 0 Å². The minimum atomic E-state index is -0.302. The van der Waals surface area contributed by atoms with Crippen LogP contribution in [-0.2, 0) is 16.3 Å². The molecule has 4 rings (SSSR count). The summed E-state index contributed by atoms with van der Waals surface area (Å²) in [5.74, 6) is 0.961. The quantitative estimate of drug-likeness (QED) is 0.321. The fraction of sp³-hybridized carbons (Fsp3) is 0.125. The van der Waals surface area contributed by atoms with Crippen LogP contribution in [0, 0.1) is 0 Å². The van der Waals surface area contributed by atoms with Crippen molar-refractivity contribution in [2.24, 2.45) is 0 Å². The highest BCUT2D eigenvalue weighted by molar-refractivity contribution is 5.99. The third-order valence-electron chi connectivity index (χ3n) is 4.78. The number of hydrogen-bond acceptors (Lipinski definition) is 7. The van der Waals surface area contributed by atoms with Crippen LogP contribution in [0.15, 0.2) is 73.4 Å². The molecule has 0 aliphatic rings. The number of nitrogens with zero attached hydrogens (tertiary/aromatic N) is 3. The monoisotopic (exact) mass is 444 g/mol. The lowest BCUT2D eigenvalue weighted by molar-refractivity contribution is -0.111. The van der Waals surface area contributed by atoms with E-state index in [1.807, 2.05) is 48.1 Å². The average Bonchev–Trinajstić information content (AvgIpc) is 3.23. The molecule has 33 heavy (non-hydrogen) atoms. The first-order valence-electron chi connectivity index (χ1n) is 10.2. The zero-order valence-electron chi connectivity index (χ0n) is 18.3. The number of carbonyl (C=O) groups excluding carboxylic acids is 1. The molecule has 0 atom stereocenters. The first kappa shape index (κ1) is 21.8. The largest absolute Gasteiger partial charge is 0.438 e. The van der Waals surface area contributed by atoms with E-state index in [1.165, 1.54) is 6.08 Å². The van der Waals surface area contributed by atoms with Crippen molar-refractivity contribution in [1.82, 2.24) is 14.5 Å². The molecule has 9 nitrogen and oxygen atoms in total. The van der Waals surface area contributed by atoms with Gasteiger partial charge in [-0.15, -0.1) is 0 Å². The molecule has 9 heteroatoms. The van der Waals surface area contributed by atoms with E-state index in [-0.39, 0.29) is 5.91 Å². The van der Waals surface area contributed by atoms with Crippen molar-refractivity contribution in [1.29, 1.82) is 0 Å². The van der Waals surface area contributed by atoms with Crippen LogP contribution < -0.4 is 20.7 Å². The Kier molecular flexibility index (Phi) is 6.51. The molecule has 1 amide bonds. The molecule has 2 aromatic carbocycles. The van der Waals surface area contributed by atoms with E-state index in [0.29, 0.717) is 35.6 Å². The van der Waals surface area contributed by atoms with Gasteiger partial charge in [0.2, 0.25) is 17.7 Å². The summed E-state index contributed by atoms with van der Waals surface area (Å²) in [5, 5.41) is 9.76. The Balaban J connectivity index is 1.69. The van der Waals surface area contributed by atoms with Crippen LogP contribution in [0.3, 0.4) is 0 Å². The van der Waals surface area contributed by atoms with Gasteiger partial charge in [-0.3, -0.25) is 4.79 Å². The van der Waals surface area contributed by atoms with Crippen LogP contribution in [0.5, 0.6) is 11.6 Å². The number of benzene rings is 2. The maximum absolute atomic E-state index is 11.6. The number of amides is 1. The van der Waals surface area contributed by atoms with E-state index in [9.17, 15) is 4.79 Å². The first-order valence-corrected chi connectivity index (χ1v) is 10.2. The molecule has 4 aromatic rings. The minimum absolute atomic E-state index is 0.302. The third-order valence-corrected chi connectivity index (χ3v) is 4.78. The van der Waals surface area contributed by atoms with E-state index < -0.39 is 0 Å². The van der Waals surface area contributed by atoms with Crippen LogP contribution in [0.4, 0.5) is 23.0 Å². The van der Waals surface area contributed by atoms with E-state index in [1.54, 1.807) is 31.4 Å². The van der Waals surface area contributed by atoms with Crippen LogP contribution in [0.2, 0.25) is 0 Å². The molecule has 168 valence electrons. The minimum Gasteiger partial charge on any atom is -0.438 e. The molecule has 3 N–H and O–H groups in total. The van der Waals surface area contributed by atoms with Crippen LogP contribution in [-0.4, -0.2) is 34.6 Å². The molecule has 0 aliphatic carbocycles. The molecule has 0 spiro atoms. The number of nitrogens with one attached hydrogen (secondary N) is 3. The van der Waals surface area contributed by atoms with Crippen molar-refractivity contribution in [3.8, 4) is 11.6 Å². The number of aromatic nitrogens is 3. The van der Waals surface area contributed by atoms with Gasteiger partial charge in [0.25, 0.3) is 0 Å². The van der Waals surface area contributed by atoms with Gasteiger partial charge in [0.05, 0.1) is 5.39 Å². The van der Waals surface area contributed by atoms with Crippen LogP contribution >= 0.6 is 0 Å². The van der Waals surface area contributed by atoms with Gasteiger partial charge in [0.15, 0.2) is 5.65 Å². The van der Waals surface area contributed by atoms with Crippen molar-refractivity contribution < 1.29 is 14.3 Å². The topological polar surface area (TPSA) is 102 Å². The smallest absolute Gasteiger partial charge is 0.247 e. The number of rotatable bonds is 9. The maximum atomic E-state index is 11.6. The van der Waals surface area contributed by atoms with Crippen molar-refractivity contribution in [3.63, 3.8) is 0 Å². The van der Waals surface area contributed by atoms with Gasteiger partial charge in [-0.05, 0) is 48.5 Å². The number of methoxy groups -OCH3 is 1. The summed E-state index contributed by atoms with van der Waals surface area (Å²) in [6, 6.07) is 16.7. The second kappa shape index (κ2) is 9.84. The Labute approximate surface area is 191 Å². The Morgan fingerprint density at radius 3 is 2.61 bits per heavy atom. The maximum Gasteiger partial charge on any atom is 0.247 e. The number of hydrogen-bond donors (Lipinski definition) is 3. The van der Waals surface area contributed by atoms with Gasteiger partial charge in [0, 0.05) is 43.5 Å². The molecule has 2 aromatic heterocycles. The molecule has 0 bridgehead atoms. The molecule has 2 heterocycles. The summed E-state index contributed by atoms with van der Waals surface area (Å²) in [7, 11) is 3.49. The normalized spacial score (nSPS) is 10.6. The predicted octanol–water partition coefficient (Wildman–Crippen LogP) is 4.74. The van der Waals surface area contributed by atoms with Crippen molar-refractivity contribution in [2.45, 2.75) is 6.73 Å². The van der Waals surface area contributed by atoms with Crippen molar-refractivity contribution >= 4 is 40.0 Å². The van der Waals surface area contributed by atoms with Crippen LogP contribution in [0.1, 0.15) is 0 Å². The van der Waals surface area contributed by atoms with E-state index in [2.05, 4.69) is 32.5 Å². The Hall–Kier alpha value is -4.37. The number of anilines is 4. The number of fused-ring (bicyclic) bond motifs is 1. The highest BCUT2D eigenvalue weighted by atomic mass is 16.5. The van der Waals surface area contributed by atoms with Crippen LogP contribution in [0.25, 0.3) is 11.0 Å². The molecule has 0 saturated heterocycles. The fourth-order valence-electron chi connectivity index (χ4n) is 3.21. The summed E-state index contributed by atoms with van der Waals surface area (Å²) in [5.41, 5.74) is 3.08. The molecule has 0 radical (unpaired) electrons. The number of carbonyl (C=O) groups is 1. The van der Waals surface area contributed by atoms with Gasteiger partial charge >= 0.3 is 0 Å². The molecular formula is C24H24N6O3. The zero-order valence-corrected chi connectivity index (χ0v) is 18.3. The highest BCUT2D eigenvalue weighted by Gasteiger charge is 2.15. The summed E-state index contributed by atoms with van der Waals surface area (Å²) in [4.78, 5) is 20.9. The van der Waals surface area contributed by atoms with Crippen molar-refractivity contribution in [2.75, 3.05) is 30.1 Å². The predicted molar refractivity (Wildman–Crippen MR) is 129 cm³/mol. The Bertz CT molecular complexity index is 1280. The molecule has 0 aliphatic heterocycles. The second-order valence-electron chi connectivity index (χ2n) is 7.07. The average molecular weight is 444 g/mol. The molecule has 0 fully saturated rings. The lowest BCUT2D eigenvalue weighted by Gasteiger charge is -2.12. The SMILES string of the molecule is C=CC(=O)Nc1cccc(Oc2nc(Nc3ccc(NC)cc3)nc3c2ccn3COC)c1. The first-order chi connectivity index (χ1) is 16.1. The lowest BCUT2D eigenvalue weighted by atomic mass is 10.3. The number of ether oxygens (including phenoxy) is 2. The van der Waals surface area contributed by atoms with Gasteiger partial charge in [-0.2, -0.15) is 9.97 Å². The van der Waals surface area contributed by atoms with E-state index in [4.69, 9.17) is 9.47 Å². The van der Waals surface area contributed by atoms with E-state index in [0.717, 1.165) is 16.8 Å². The third kappa shape index (κ3) is 5.10. The summed E-state index contributed by atoms with van der Waals surface area (Å²) < 4.78 is 13.3. The fourth-order valence-corrected chi connectivity index (χ4v) is 3.21. The zero-order chi connectivity index (χ0) is 23.2. The molecular weight excluding hydrogens is 420 g/mol. The standard InChI is InChI=1S/C24H24N6O3/c1-4-21(31)26-18-6-5-7-19(14-18)33-23-20-12-13-30(15-32-3)22(20)28-24(29-23)27-17-10-8-16(25-2)9-11-17/h4-14,25H,1,15H2,2-3H3,(H,26,31)(H,27,28,29). The summed E-state index contributed by atoms with van der Waals surface area (Å²) >= 11 is 0. The Morgan fingerprint density at radius 2 is 1.88 bits per heavy atom. The Morgan fingerprint density at radius 1 is 1.09 bits per heavy atom. The summed E-state index contributed by atoms with van der Waals surface area (Å²) in [6.07, 6.45) is 3.07.